The second-order valence-corrected chi connectivity index (χ2v) is 8.08. The number of methoxy groups -OCH3 is 1. The normalized spacial score (nSPS) is 21.2. The van der Waals surface area contributed by atoms with Gasteiger partial charge in [0.15, 0.2) is 0 Å². The Morgan fingerprint density at radius 3 is 2.70 bits per heavy atom. The van der Waals surface area contributed by atoms with E-state index in [-0.39, 0.29) is 18.3 Å². The molecule has 0 radical (unpaired) electrons. The average Bonchev–Trinajstić information content (AvgIpc) is 3.34. The molecule has 2 aliphatic rings. The molecule has 0 saturated carbocycles. The van der Waals surface area contributed by atoms with Crippen LogP contribution in [0, 0.1) is 5.92 Å². The van der Waals surface area contributed by atoms with Gasteiger partial charge in [0.1, 0.15) is 0 Å². The Morgan fingerprint density at radius 2 is 2.03 bits per heavy atom. The third kappa shape index (κ3) is 3.65. The molecule has 1 atom stereocenters. The third-order valence-electron chi connectivity index (χ3n) is 6.45. The summed E-state index contributed by atoms with van der Waals surface area (Å²) in [6, 6.07) is 10.0. The topological polar surface area (TPSA) is 67.7 Å². The largest absolute Gasteiger partial charge is 0.469 e. The molecule has 4 rings (SSSR count). The number of hydrogen-bond donors (Lipinski definition) is 0. The highest BCUT2D eigenvalue weighted by molar-refractivity contribution is 5.89. The van der Waals surface area contributed by atoms with Crippen molar-refractivity contribution in [3.8, 4) is 5.69 Å². The maximum Gasteiger partial charge on any atom is 0.311 e. The highest BCUT2D eigenvalue weighted by Gasteiger charge is 2.56. The van der Waals surface area contributed by atoms with Gasteiger partial charge in [-0.25, -0.2) is 4.68 Å². The van der Waals surface area contributed by atoms with E-state index in [2.05, 4.69) is 22.8 Å². The minimum absolute atomic E-state index is 0.0166. The van der Waals surface area contributed by atoms with Crippen LogP contribution >= 0.6 is 0 Å². The highest BCUT2D eigenvalue weighted by Crippen LogP contribution is 2.44. The number of likely N-dealkylation sites (tertiary alicyclic amines) is 2. The van der Waals surface area contributed by atoms with Gasteiger partial charge in [0.25, 0.3) is 0 Å². The van der Waals surface area contributed by atoms with Gasteiger partial charge in [-0.05, 0) is 25.0 Å². The Balaban J connectivity index is 1.45. The fraction of sp³-hybridized carbons (Fsp3) is 0.435. The van der Waals surface area contributed by atoms with Gasteiger partial charge in [-0.3, -0.25) is 14.5 Å². The molecule has 0 bridgehead atoms. The maximum atomic E-state index is 12.6. The molecule has 2 aromatic rings. The van der Waals surface area contributed by atoms with Crippen LogP contribution in [-0.2, 0) is 20.9 Å². The van der Waals surface area contributed by atoms with Crippen molar-refractivity contribution in [1.82, 2.24) is 19.6 Å². The summed E-state index contributed by atoms with van der Waals surface area (Å²) in [5.41, 5.74) is 1.71. The zero-order valence-corrected chi connectivity index (χ0v) is 17.4. The predicted molar refractivity (Wildman–Crippen MR) is 113 cm³/mol. The van der Waals surface area contributed by atoms with Gasteiger partial charge in [0.05, 0.1) is 30.5 Å². The van der Waals surface area contributed by atoms with Crippen molar-refractivity contribution in [2.45, 2.75) is 31.3 Å². The Morgan fingerprint density at radius 1 is 1.30 bits per heavy atom. The first-order valence-electron chi connectivity index (χ1n) is 10.4. The molecule has 30 heavy (non-hydrogen) atoms. The van der Waals surface area contributed by atoms with E-state index >= 15 is 0 Å². The standard InChI is InChI=1S/C23H28N4O3/c1-3-11-26-21(28)14-20(22(29)30-2)23(26)9-12-25(13-10-23)16-18-15-24-27(17-18)19-7-5-4-6-8-19/h3-8,15,17,20H,1,9-14,16H2,2H3. The van der Waals surface area contributed by atoms with E-state index in [0.717, 1.165) is 43.7 Å². The summed E-state index contributed by atoms with van der Waals surface area (Å²) < 4.78 is 6.92. The van der Waals surface area contributed by atoms with Crippen LogP contribution in [0.15, 0.2) is 55.4 Å². The van der Waals surface area contributed by atoms with E-state index in [9.17, 15) is 9.59 Å². The fourth-order valence-corrected chi connectivity index (χ4v) is 4.91. The Kier molecular flexibility index (Phi) is 5.72. The number of para-hydroxylation sites is 1. The van der Waals surface area contributed by atoms with E-state index in [1.807, 2.05) is 46.1 Å². The monoisotopic (exact) mass is 408 g/mol. The van der Waals surface area contributed by atoms with Crippen LogP contribution in [0.2, 0.25) is 0 Å². The molecule has 158 valence electrons. The second kappa shape index (κ2) is 8.44. The fourth-order valence-electron chi connectivity index (χ4n) is 4.91. The van der Waals surface area contributed by atoms with Gasteiger partial charge >= 0.3 is 5.97 Å². The number of esters is 1. The predicted octanol–water partition coefficient (Wildman–Crippen LogP) is 2.41. The molecular weight excluding hydrogens is 380 g/mol. The van der Waals surface area contributed by atoms with Crippen LogP contribution in [-0.4, -0.2) is 63.7 Å². The van der Waals surface area contributed by atoms with Gasteiger partial charge in [0.2, 0.25) is 5.91 Å². The van der Waals surface area contributed by atoms with Crippen LogP contribution in [0.25, 0.3) is 5.69 Å². The molecule has 0 N–H and O–H groups in total. The Labute approximate surface area is 176 Å². The molecule has 1 unspecified atom stereocenters. The molecule has 3 heterocycles. The van der Waals surface area contributed by atoms with Crippen molar-refractivity contribution in [3.63, 3.8) is 0 Å². The summed E-state index contributed by atoms with van der Waals surface area (Å²) in [5.74, 6) is -0.673. The average molecular weight is 409 g/mol. The van der Waals surface area contributed by atoms with Crippen LogP contribution < -0.4 is 0 Å². The van der Waals surface area contributed by atoms with Gasteiger partial charge in [-0.1, -0.05) is 24.3 Å². The lowest BCUT2D eigenvalue weighted by atomic mass is 9.76. The number of carbonyl (C=O) groups excluding carboxylic acids is 2. The van der Waals surface area contributed by atoms with E-state index in [4.69, 9.17) is 4.74 Å². The molecule has 1 aromatic heterocycles. The van der Waals surface area contributed by atoms with Crippen molar-refractivity contribution in [1.29, 1.82) is 0 Å². The molecular formula is C23H28N4O3. The molecule has 1 amide bonds. The van der Waals surface area contributed by atoms with Gasteiger partial charge < -0.3 is 9.64 Å². The number of nitrogens with zero attached hydrogens (tertiary/aromatic N) is 4. The number of amides is 1. The van der Waals surface area contributed by atoms with E-state index in [1.54, 1.807) is 6.08 Å². The quantitative estimate of drug-likeness (QED) is 0.542. The molecule has 0 aliphatic carbocycles. The Bertz CT molecular complexity index is 916. The molecule has 7 nitrogen and oxygen atoms in total. The van der Waals surface area contributed by atoms with E-state index in [0.29, 0.717) is 6.54 Å². The summed E-state index contributed by atoms with van der Waals surface area (Å²) in [6.45, 7) is 6.68. The van der Waals surface area contributed by atoms with Crippen molar-refractivity contribution in [3.05, 3.63) is 60.9 Å². The van der Waals surface area contributed by atoms with Gasteiger partial charge in [0, 0.05) is 44.4 Å². The molecule has 1 spiro atoms. The number of benzene rings is 1. The van der Waals surface area contributed by atoms with E-state index < -0.39 is 11.5 Å². The smallest absolute Gasteiger partial charge is 0.311 e. The number of rotatable bonds is 6. The number of hydrogen-bond acceptors (Lipinski definition) is 5. The van der Waals surface area contributed by atoms with Gasteiger partial charge in [-0.15, -0.1) is 6.58 Å². The SMILES string of the molecule is C=CCN1C(=O)CC(C(=O)OC)C12CCN(Cc1cnn(-c3ccccc3)c1)CC2. The summed E-state index contributed by atoms with van der Waals surface area (Å²) in [6.07, 6.45) is 7.42. The number of aromatic nitrogens is 2. The van der Waals surface area contributed by atoms with Crippen molar-refractivity contribution in [2.24, 2.45) is 5.92 Å². The van der Waals surface area contributed by atoms with Gasteiger partial charge in [-0.2, -0.15) is 5.10 Å². The molecule has 7 heteroatoms. The maximum absolute atomic E-state index is 12.6. The van der Waals surface area contributed by atoms with Crippen molar-refractivity contribution >= 4 is 11.9 Å². The minimum atomic E-state index is -0.469. The zero-order valence-electron chi connectivity index (χ0n) is 17.4. The highest BCUT2D eigenvalue weighted by atomic mass is 16.5. The first kappa shape index (κ1) is 20.3. The lowest BCUT2D eigenvalue weighted by Crippen LogP contribution is -2.57. The van der Waals surface area contributed by atoms with Crippen LogP contribution in [0.5, 0.6) is 0 Å². The lowest BCUT2D eigenvalue weighted by molar-refractivity contribution is -0.150. The second-order valence-electron chi connectivity index (χ2n) is 8.08. The van der Waals surface area contributed by atoms with E-state index in [1.165, 1.54) is 7.11 Å². The first-order valence-corrected chi connectivity index (χ1v) is 10.4. The number of carbonyl (C=O) groups is 2. The number of piperidine rings is 1. The van der Waals surface area contributed by atoms with Crippen LogP contribution in [0.4, 0.5) is 0 Å². The summed E-state index contributed by atoms with van der Waals surface area (Å²) >= 11 is 0. The third-order valence-corrected chi connectivity index (χ3v) is 6.45. The molecule has 2 saturated heterocycles. The first-order chi connectivity index (χ1) is 14.6. The molecule has 2 fully saturated rings. The summed E-state index contributed by atoms with van der Waals surface area (Å²) in [5, 5.41) is 4.48. The van der Waals surface area contributed by atoms with Crippen molar-refractivity contribution < 1.29 is 14.3 Å². The Hall–Kier alpha value is -2.93. The zero-order chi connectivity index (χ0) is 21.1. The minimum Gasteiger partial charge on any atom is -0.469 e. The molecule has 2 aliphatic heterocycles. The summed E-state index contributed by atoms with van der Waals surface area (Å²) in [7, 11) is 1.40. The van der Waals surface area contributed by atoms with Crippen LogP contribution in [0.1, 0.15) is 24.8 Å². The molecule has 1 aromatic carbocycles. The lowest BCUT2D eigenvalue weighted by Gasteiger charge is -2.46. The van der Waals surface area contributed by atoms with Crippen LogP contribution in [0.3, 0.4) is 0 Å². The summed E-state index contributed by atoms with van der Waals surface area (Å²) in [4.78, 5) is 29.3. The number of ether oxygens (including phenoxy) is 1. The van der Waals surface area contributed by atoms with Crippen molar-refractivity contribution in [2.75, 3.05) is 26.7 Å².